The first-order valence-corrected chi connectivity index (χ1v) is 9.71. The van der Waals surface area contributed by atoms with Gasteiger partial charge in [-0.25, -0.2) is 0 Å². The van der Waals surface area contributed by atoms with Gasteiger partial charge >= 0.3 is 0 Å². The lowest BCUT2D eigenvalue weighted by Gasteiger charge is -2.16. The SMILES string of the molecule is CC(=O)N(C)c1ccc(NC(=O)CNc2ccc(C(=O)N3CCCC3)cc2)cc1. The molecule has 0 aliphatic carbocycles. The summed E-state index contributed by atoms with van der Waals surface area (Å²) in [6.45, 7) is 3.25. The fourth-order valence-electron chi connectivity index (χ4n) is 3.17. The largest absolute Gasteiger partial charge is 0.376 e. The van der Waals surface area contributed by atoms with Gasteiger partial charge in [-0.3, -0.25) is 14.4 Å². The second kappa shape index (κ2) is 9.23. The lowest BCUT2D eigenvalue weighted by Crippen LogP contribution is -2.27. The van der Waals surface area contributed by atoms with Crippen molar-refractivity contribution in [3.8, 4) is 0 Å². The van der Waals surface area contributed by atoms with E-state index in [1.807, 2.05) is 17.0 Å². The van der Waals surface area contributed by atoms with Crippen LogP contribution in [-0.4, -0.2) is 49.3 Å². The third-order valence-corrected chi connectivity index (χ3v) is 4.99. The smallest absolute Gasteiger partial charge is 0.253 e. The van der Waals surface area contributed by atoms with E-state index in [0.717, 1.165) is 37.3 Å². The van der Waals surface area contributed by atoms with E-state index in [1.54, 1.807) is 43.4 Å². The first kappa shape index (κ1) is 20.4. The van der Waals surface area contributed by atoms with Gasteiger partial charge in [0.2, 0.25) is 11.8 Å². The van der Waals surface area contributed by atoms with E-state index in [0.29, 0.717) is 11.3 Å². The summed E-state index contributed by atoms with van der Waals surface area (Å²) >= 11 is 0. The third kappa shape index (κ3) is 5.34. The molecule has 2 aromatic carbocycles. The van der Waals surface area contributed by atoms with Crippen molar-refractivity contribution in [2.75, 3.05) is 42.2 Å². The summed E-state index contributed by atoms with van der Waals surface area (Å²) in [5.74, 6) is -0.181. The zero-order valence-corrected chi connectivity index (χ0v) is 16.8. The molecule has 0 radical (unpaired) electrons. The van der Waals surface area contributed by atoms with Crippen molar-refractivity contribution in [1.29, 1.82) is 0 Å². The first-order valence-electron chi connectivity index (χ1n) is 9.71. The van der Waals surface area contributed by atoms with E-state index in [4.69, 9.17) is 0 Å². The van der Waals surface area contributed by atoms with E-state index in [-0.39, 0.29) is 24.3 Å². The lowest BCUT2D eigenvalue weighted by molar-refractivity contribution is -0.116. The Bertz CT molecular complexity index is 872. The molecule has 0 saturated carbocycles. The molecule has 2 aromatic rings. The number of amides is 3. The second-order valence-electron chi connectivity index (χ2n) is 7.10. The van der Waals surface area contributed by atoms with Gasteiger partial charge in [-0.15, -0.1) is 0 Å². The highest BCUT2D eigenvalue weighted by Crippen LogP contribution is 2.18. The highest BCUT2D eigenvalue weighted by Gasteiger charge is 2.19. The van der Waals surface area contributed by atoms with E-state index in [1.165, 1.54) is 11.8 Å². The van der Waals surface area contributed by atoms with Gasteiger partial charge in [-0.2, -0.15) is 0 Å². The minimum absolute atomic E-state index is 0.0564. The number of likely N-dealkylation sites (tertiary alicyclic amines) is 1. The number of carbonyl (C=O) groups is 3. The predicted molar refractivity (Wildman–Crippen MR) is 114 cm³/mol. The summed E-state index contributed by atoms with van der Waals surface area (Å²) in [5, 5.41) is 5.86. The van der Waals surface area contributed by atoms with Crippen LogP contribution in [0.15, 0.2) is 48.5 Å². The molecule has 3 amide bonds. The lowest BCUT2D eigenvalue weighted by atomic mass is 10.2. The topological polar surface area (TPSA) is 81.8 Å². The van der Waals surface area contributed by atoms with E-state index < -0.39 is 0 Å². The van der Waals surface area contributed by atoms with Crippen molar-refractivity contribution in [2.24, 2.45) is 0 Å². The molecule has 1 aliphatic heterocycles. The first-order chi connectivity index (χ1) is 13.9. The number of anilines is 3. The van der Waals surface area contributed by atoms with Crippen LogP contribution in [0.5, 0.6) is 0 Å². The number of carbonyl (C=O) groups excluding carboxylic acids is 3. The Morgan fingerprint density at radius 1 is 0.931 bits per heavy atom. The van der Waals surface area contributed by atoms with Gasteiger partial charge in [0.15, 0.2) is 0 Å². The summed E-state index contributed by atoms with van der Waals surface area (Å²) in [4.78, 5) is 39.3. The summed E-state index contributed by atoms with van der Waals surface area (Å²) < 4.78 is 0. The summed E-state index contributed by atoms with van der Waals surface area (Å²) in [6.07, 6.45) is 2.13. The summed E-state index contributed by atoms with van der Waals surface area (Å²) in [5.41, 5.74) is 2.86. The van der Waals surface area contributed by atoms with Gasteiger partial charge in [-0.05, 0) is 61.4 Å². The Hall–Kier alpha value is -3.35. The van der Waals surface area contributed by atoms with Crippen LogP contribution >= 0.6 is 0 Å². The van der Waals surface area contributed by atoms with E-state index >= 15 is 0 Å². The molecule has 0 aromatic heterocycles. The molecule has 1 fully saturated rings. The van der Waals surface area contributed by atoms with Crippen LogP contribution in [0.3, 0.4) is 0 Å². The molecular weight excluding hydrogens is 368 g/mol. The molecule has 1 aliphatic rings. The second-order valence-corrected chi connectivity index (χ2v) is 7.10. The van der Waals surface area contributed by atoms with Gasteiger partial charge in [0, 0.05) is 49.7 Å². The molecule has 7 nitrogen and oxygen atoms in total. The number of rotatable bonds is 6. The monoisotopic (exact) mass is 394 g/mol. The molecule has 29 heavy (non-hydrogen) atoms. The van der Waals surface area contributed by atoms with Crippen LogP contribution < -0.4 is 15.5 Å². The number of benzene rings is 2. The van der Waals surface area contributed by atoms with Crippen LogP contribution in [0.4, 0.5) is 17.1 Å². The normalized spacial score (nSPS) is 13.1. The number of nitrogens with zero attached hydrogens (tertiary/aromatic N) is 2. The maximum Gasteiger partial charge on any atom is 0.253 e. The van der Waals surface area contributed by atoms with Gasteiger partial charge in [0.05, 0.1) is 6.54 Å². The van der Waals surface area contributed by atoms with Crippen molar-refractivity contribution in [1.82, 2.24) is 4.90 Å². The molecule has 0 unspecified atom stereocenters. The highest BCUT2D eigenvalue weighted by atomic mass is 16.2. The highest BCUT2D eigenvalue weighted by molar-refractivity contribution is 5.96. The molecule has 2 N–H and O–H groups in total. The molecule has 0 bridgehead atoms. The Morgan fingerprint density at radius 3 is 2.10 bits per heavy atom. The van der Waals surface area contributed by atoms with Crippen LogP contribution in [0.2, 0.25) is 0 Å². The van der Waals surface area contributed by atoms with Gasteiger partial charge in [0.1, 0.15) is 0 Å². The maximum atomic E-state index is 12.4. The molecule has 3 rings (SSSR count). The molecular formula is C22H26N4O3. The van der Waals surface area contributed by atoms with Crippen molar-refractivity contribution in [3.05, 3.63) is 54.1 Å². The van der Waals surface area contributed by atoms with Gasteiger partial charge in [-0.1, -0.05) is 0 Å². The molecule has 152 valence electrons. The molecule has 7 heteroatoms. The van der Waals surface area contributed by atoms with Crippen LogP contribution in [0.25, 0.3) is 0 Å². The van der Waals surface area contributed by atoms with Crippen LogP contribution in [0.1, 0.15) is 30.1 Å². The van der Waals surface area contributed by atoms with Gasteiger partial charge < -0.3 is 20.4 Å². The average Bonchev–Trinajstić information content (AvgIpc) is 3.27. The molecule has 0 atom stereocenters. The molecule has 1 saturated heterocycles. The maximum absolute atomic E-state index is 12.4. The van der Waals surface area contributed by atoms with Crippen molar-refractivity contribution in [3.63, 3.8) is 0 Å². The summed E-state index contributed by atoms with van der Waals surface area (Å²) in [6, 6.07) is 14.3. The standard InChI is InChI=1S/C22H26N4O3/c1-16(27)25(2)20-11-9-19(10-12-20)24-21(28)15-23-18-7-5-17(6-8-18)22(29)26-13-3-4-14-26/h5-12,23H,3-4,13-15H2,1-2H3,(H,24,28). The van der Waals surface area contributed by atoms with E-state index in [2.05, 4.69) is 10.6 Å². The molecule has 0 spiro atoms. The van der Waals surface area contributed by atoms with Crippen molar-refractivity contribution < 1.29 is 14.4 Å². The minimum Gasteiger partial charge on any atom is -0.376 e. The number of hydrogen-bond donors (Lipinski definition) is 2. The Kier molecular flexibility index (Phi) is 6.49. The van der Waals surface area contributed by atoms with Crippen LogP contribution in [0, 0.1) is 0 Å². The predicted octanol–water partition coefficient (Wildman–Crippen LogP) is 2.96. The van der Waals surface area contributed by atoms with Crippen molar-refractivity contribution >= 4 is 34.8 Å². The third-order valence-electron chi connectivity index (χ3n) is 4.99. The quantitative estimate of drug-likeness (QED) is 0.789. The zero-order valence-electron chi connectivity index (χ0n) is 16.8. The number of nitrogens with one attached hydrogen (secondary N) is 2. The van der Waals surface area contributed by atoms with Gasteiger partial charge in [0.25, 0.3) is 5.91 Å². The zero-order chi connectivity index (χ0) is 20.8. The van der Waals surface area contributed by atoms with E-state index in [9.17, 15) is 14.4 Å². The Balaban J connectivity index is 1.49. The molecule has 1 heterocycles. The number of hydrogen-bond acceptors (Lipinski definition) is 4. The average molecular weight is 394 g/mol. The Labute approximate surface area is 170 Å². The minimum atomic E-state index is -0.185. The fraction of sp³-hybridized carbons (Fsp3) is 0.318. The van der Waals surface area contributed by atoms with Crippen LogP contribution in [-0.2, 0) is 9.59 Å². The van der Waals surface area contributed by atoms with Crippen molar-refractivity contribution in [2.45, 2.75) is 19.8 Å². The fourth-order valence-corrected chi connectivity index (χ4v) is 3.17. The Morgan fingerprint density at radius 2 is 1.52 bits per heavy atom. The summed E-state index contributed by atoms with van der Waals surface area (Å²) in [7, 11) is 1.70.